The van der Waals surface area contributed by atoms with Gasteiger partial charge in [0.25, 0.3) is 0 Å². The predicted octanol–water partition coefficient (Wildman–Crippen LogP) is 1.13. The van der Waals surface area contributed by atoms with Crippen LogP contribution in [0.2, 0.25) is 0 Å². The lowest BCUT2D eigenvalue weighted by atomic mass is 10.3. The monoisotopic (exact) mass is 267 g/mol. The van der Waals surface area contributed by atoms with E-state index in [1.165, 1.54) is 23.5 Å². The van der Waals surface area contributed by atoms with E-state index < -0.39 is 0 Å². The van der Waals surface area contributed by atoms with Crippen molar-refractivity contribution in [3.63, 3.8) is 0 Å². The maximum Gasteiger partial charge on any atom is 0.0959 e. The van der Waals surface area contributed by atoms with Crippen molar-refractivity contribution in [1.82, 2.24) is 14.8 Å². The minimum Gasteiger partial charge on any atom is -0.395 e. The fourth-order valence-electron chi connectivity index (χ4n) is 2.45. The minimum atomic E-state index is 0.275. The third-order valence-corrected chi connectivity index (χ3v) is 4.82. The van der Waals surface area contributed by atoms with Gasteiger partial charge in [0.05, 0.1) is 17.3 Å². The molecule has 2 heterocycles. The molecule has 1 aromatic rings. The lowest BCUT2D eigenvalue weighted by Crippen LogP contribution is -2.46. The number of rotatable bonds is 5. The van der Waals surface area contributed by atoms with E-state index in [4.69, 9.17) is 10.1 Å². The van der Waals surface area contributed by atoms with Crippen LogP contribution >= 0.6 is 11.3 Å². The van der Waals surface area contributed by atoms with Crippen LogP contribution in [0.25, 0.3) is 0 Å². The predicted molar refractivity (Wildman–Crippen MR) is 72.9 cm³/mol. The van der Waals surface area contributed by atoms with Crippen molar-refractivity contribution in [2.24, 2.45) is 0 Å². The second-order valence-corrected chi connectivity index (χ2v) is 6.18. The number of β-amino-alcohol motifs (C(OH)–C–C–N with tert-alkyl or cyclic N) is 1. The summed E-state index contributed by atoms with van der Waals surface area (Å²) in [6, 6.07) is 0. The van der Waals surface area contributed by atoms with Crippen LogP contribution in [0, 0.1) is 0 Å². The Kier molecular flexibility index (Phi) is 3.94. The van der Waals surface area contributed by atoms with E-state index in [1.54, 1.807) is 0 Å². The molecule has 4 nitrogen and oxygen atoms in total. The van der Waals surface area contributed by atoms with Crippen LogP contribution in [-0.2, 0) is 6.54 Å². The molecular formula is C13H21N3OS. The van der Waals surface area contributed by atoms with Crippen molar-refractivity contribution in [3.8, 4) is 0 Å². The van der Waals surface area contributed by atoms with E-state index >= 15 is 0 Å². The summed E-state index contributed by atoms with van der Waals surface area (Å²) in [5.41, 5.74) is 1.25. The van der Waals surface area contributed by atoms with E-state index in [0.29, 0.717) is 0 Å². The zero-order valence-corrected chi connectivity index (χ0v) is 11.5. The molecule has 0 spiro atoms. The number of thiazole rings is 1. The fourth-order valence-corrected chi connectivity index (χ4v) is 3.44. The van der Waals surface area contributed by atoms with Gasteiger partial charge < -0.3 is 5.11 Å². The van der Waals surface area contributed by atoms with Gasteiger partial charge in [-0.3, -0.25) is 9.80 Å². The summed E-state index contributed by atoms with van der Waals surface area (Å²) in [5.74, 6) is 0.783. The standard InChI is InChI=1S/C13H21N3OS/c17-8-7-15-3-5-16(6-4-15)9-12-10-18-13(14-12)11-1-2-11/h10-11,17H,1-9H2. The molecule has 1 N–H and O–H groups in total. The second-order valence-electron chi connectivity index (χ2n) is 5.29. The zero-order valence-electron chi connectivity index (χ0n) is 10.7. The van der Waals surface area contributed by atoms with Gasteiger partial charge in [-0.05, 0) is 12.8 Å². The molecule has 2 fully saturated rings. The van der Waals surface area contributed by atoms with E-state index in [0.717, 1.165) is 45.2 Å². The minimum absolute atomic E-state index is 0.275. The van der Waals surface area contributed by atoms with Gasteiger partial charge in [-0.2, -0.15) is 0 Å². The number of hydrogen-bond donors (Lipinski definition) is 1. The highest BCUT2D eigenvalue weighted by Gasteiger charge is 2.27. The zero-order chi connectivity index (χ0) is 12.4. The van der Waals surface area contributed by atoms with Gasteiger partial charge in [-0.1, -0.05) is 0 Å². The first-order valence-electron chi connectivity index (χ1n) is 6.85. The number of nitrogens with zero attached hydrogens (tertiary/aromatic N) is 3. The van der Waals surface area contributed by atoms with Gasteiger partial charge in [0, 0.05) is 50.6 Å². The van der Waals surface area contributed by atoms with Crippen LogP contribution in [0.3, 0.4) is 0 Å². The molecule has 0 amide bonds. The van der Waals surface area contributed by atoms with Crippen molar-refractivity contribution < 1.29 is 5.11 Å². The van der Waals surface area contributed by atoms with Crippen LogP contribution < -0.4 is 0 Å². The quantitative estimate of drug-likeness (QED) is 0.868. The largest absolute Gasteiger partial charge is 0.395 e. The Morgan fingerprint density at radius 3 is 2.61 bits per heavy atom. The van der Waals surface area contributed by atoms with Gasteiger partial charge in [-0.15, -0.1) is 11.3 Å². The van der Waals surface area contributed by atoms with Gasteiger partial charge in [0.15, 0.2) is 0 Å². The van der Waals surface area contributed by atoms with Crippen molar-refractivity contribution in [1.29, 1.82) is 0 Å². The molecule has 1 saturated heterocycles. The van der Waals surface area contributed by atoms with Crippen LogP contribution in [0.1, 0.15) is 29.5 Å². The average Bonchev–Trinajstić information content (AvgIpc) is 3.13. The maximum absolute atomic E-state index is 8.92. The van der Waals surface area contributed by atoms with Gasteiger partial charge in [0.2, 0.25) is 0 Å². The van der Waals surface area contributed by atoms with Gasteiger partial charge >= 0.3 is 0 Å². The molecule has 0 unspecified atom stereocenters. The summed E-state index contributed by atoms with van der Waals surface area (Å²) < 4.78 is 0. The Morgan fingerprint density at radius 1 is 1.22 bits per heavy atom. The third-order valence-electron chi connectivity index (χ3n) is 3.76. The molecule has 0 aromatic carbocycles. The molecule has 1 aliphatic heterocycles. The van der Waals surface area contributed by atoms with Crippen LogP contribution in [-0.4, -0.2) is 59.2 Å². The fraction of sp³-hybridized carbons (Fsp3) is 0.769. The van der Waals surface area contributed by atoms with Crippen LogP contribution in [0.4, 0.5) is 0 Å². The molecule has 0 bridgehead atoms. The molecule has 2 aliphatic rings. The highest BCUT2D eigenvalue weighted by molar-refractivity contribution is 7.09. The lowest BCUT2D eigenvalue weighted by molar-refractivity contribution is 0.108. The van der Waals surface area contributed by atoms with E-state index in [2.05, 4.69) is 15.2 Å². The summed E-state index contributed by atoms with van der Waals surface area (Å²) in [5, 5.41) is 12.5. The van der Waals surface area contributed by atoms with Crippen LogP contribution in [0.15, 0.2) is 5.38 Å². The molecule has 18 heavy (non-hydrogen) atoms. The maximum atomic E-state index is 8.92. The third kappa shape index (κ3) is 3.09. The molecule has 1 saturated carbocycles. The van der Waals surface area contributed by atoms with Gasteiger partial charge in [-0.25, -0.2) is 4.98 Å². The normalized spacial score (nSPS) is 22.5. The summed E-state index contributed by atoms with van der Waals surface area (Å²) in [7, 11) is 0. The Hall–Kier alpha value is -0.490. The molecule has 5 heteroatoms. The van der Waals surface area contributed by atoms with Crippen molar-refractivity contribution in [2.45, 2.75) is 25.3 Å². The summed E-state index contributed by atoms with van der Waals surface area (Å²) in [6.45, 7) is 6.41. The van der Waals surface area contributed by atoms with E-state index in [-0.39, 0.29) is 6.61 Å². The average molecular weight is 267 g/mol. The molecule has 0 atom stereocenters. The number of aliphatic hydroxyl groups excluding tert-OH is 1. The lowest BCUT2D eigenvalue weighted by Gasteiger charge is -2.33. The first-order chi connectivity index (χ1) is 8.85. The Labute approximate surface area is 112 Å². The van der Waals surface area contributed by atoms with Crippen molar-refractivity contribution in [2.75, 3.05) is 39.3 Å². The smallest absolute Gasteiger partial charge is 0.0959 e. The van der Waals surface area contributed by atoms with E-state index in [1.807, 2.05) is 11.3 Å². The topological polar surface area (TPSA) is 39.6 Å². The molecule has 0 radical (unpaired) electrons. The number of aromatic nitrogens is 1. The second kappa shape index (κ2) is 5.65. The molecule has 1 aromatic heterocycles. The Balaban J connectivity index is 1.47. The summed E-state index contributed by atoms with van der Waals surface area (Å²) in [6.07, 6.45) is 2.68. The summed E-state index contributed by atoms with van der Waals surface area (Å²) >= 11 is 1.84. The number of hydrogen-bond acceptors (Lipinski definition) is 5. The van der Waals surface area contributed by atoms with Crippen molar-refractivity contribution >= 4 is 11.3 Å². The van der Waals surface area contributed by atoms with Crippen molar-refractivity contribution in [3.05, 3.63) is 16.1 Å². The molecule has 100 valence electrons. The highest BCUT2D eigenvalue weighted by Crippen LogP contribution is 2.41. The molecule has 1 aliphatic carbocycles. The van der Waals surface area contributed by atoms with E-state index in [9.17, 15) is 0 Å². The van der Waals surface area contributed by atoms with Crippen LogP contribution in [0.5, 0.6) is 0 Å². The Morgan fingerprint density at radius 2 is 1.94 bits per heavy atom. The summed E-state index contributed by atoms with van der Waals surface area (Å²) in [4.78, 5) is 9.54. The first kappa shape index (κ1) is 12.5. The number of piperazine rings is 1. The molecule has 3 rings (SSSR count). The molecular weight excluding hydrogens is 246 g/mol. The highest BCUT2D eigenvalue weighted by atomic mass is 32.1. The SMILES string of the molecule is OCCN1CCN(Cc2csc(C3CC3)n2)CC1. The number of aliphatic hydroxyl groups is 1. The first-order valence-corrected chi connectivity index (χ1v) is 7.73. The van der Waals surface area contributed by atoms with Gasteiger partial charge in [0.1, 0.15) is 0 Å². The Bertz CT molecular complexity index is 383.